The first-order valence-corrected chi connectivity index (χ1v) is 9.07. The van der Waals surface area contributed by atoms with Crippen molar-refractivity contribution < 1.29 is 4.70 Å². The van der Waals surface area contributed by atoms with Gasteiger partial charge < -0.3 is 4.70 Å². The first-order chi connectivity index (χ1) is 7.95. The summed E-state index contributed by atoms with van der Waals surface area (Å²) in [5, 5.41) is 3.52. The van der Waals surface area contributed by atoms with Crippen molar-refractivity contribution in [1.29, 1.82) is 0 Å². The average Bonchev–Trinajstić information content (AvgIpc) is 3.02. The maximum absolute atomic E-state index is 1.59. The fourth-order valence-electron chi connectivity index (χ4n) is 4.30. The molecule has 0 aromatic carbocycles. The highest BCUT2D eigenvalue weighted by molar-refractivity contribution is 7.98. The van der Waals surface area contributed by atoms with Gasteiger partial charge in [-0.3, -0.25) is 0 Å². The Hall–Kier alpha value is 0.280. The van der Waals surface area contributed by atoms with E-state index in [4.69, 9.17) is 0 Å². The van der Waals surface area contributed by atoms with Gasteiger partial charge >= 0.3 is 0 Å². The minimum Gasteiger partial charge on any atom is -1.00 e. The highest BCUT2D eigenvalue weighted by Gasteiger charge is 2.46. The van der Waals surface area contributed by atoms with E-state index in [0.29, 0.717) is 0 Å². The van der Waals surface area contributed by atoms with Crippen molar-refractivity contribution in [2.45, 2.75) is 92.8 Å². The van der Waals surface area contributed by atoms with Crippen molar-refractivity contribution in [2.24, 2.45) is 0 Å². The Bertz CT molecular complexity index is 175. The van der Waals surface area contributed by atoms with Crippen LogP contribution >= 0.6 is 0 Å². The molecule has 0 spiro atoms. The van der Waals surface area contributed by atoms with Crippen molar-refractivity contribution in [3.63, 3.8) is 0 Å². The highest BCUT2D eigenvalue weighted by atomic mass is 32.2. The summed E-state index contributed by atoms with van der Waals surface area (Å²) >= 11 is 0. The summed E-state index contributed by atoms with van der Waals surface area (Å²) in [6.45, 7) is 0. The molecule has 3 aliphatic carbocycles. The van der Waals surface area contributed by atoms with Crippen molar-refractivity contribution in [2.75, 3.05) is 0 Å². The lowest BCUT2D eigenvalue weighted by Gasteiger charge is -2.25. The molecule has 17 heavy (non-hydrogen) atoms. The van der Waals surface area contributed by atoms with E-state index in [9.17, 15) is 0 Å². The van der Waals surface area contributed by atoms with Crippen molar-refractivity contribution in [3.05, 3.63) is 0 Å². The zero-order valence-electron chi connectivity index (χ0n) is 11.0. The summed E-state index contributed by atoms with van der Waals surface area (Å²) in [4.78, 5) is 0. The molecule has 0 radical (unpaired) electrons. The largest absolute Gasteiger partial charge is 1.00 e. The lowest BCUT2D eigenvalue weighted by molar-refractivity contribution is -0.00000332. The second-order valence-corrected chi connectivity index (χ2v) is 8.94. The monoisotopic (exact) mass is 258 g/mol. The van der Waals surface area contributed by atoms with Gasteiger partial charge in [-0.1, -0.05) is 0 Å². The van der Waals surface area contributed by atoms with Crippen molar-refractivity contribution in [1.82, 2.24) is 0 Å². The summed E-state index contributed by atoms with van der Waals surface area (Å²) in [7, 11) is 0.850. The third kappa shape index (κ3) is 3.00. The molecule has 100 valence electrons. The molecule has 3 saturated carbocycles. The van der Waals surface area contributed by atoms with Crippen molar-refractivity contribution in [3.8, 4) is 0 Å². The fraction of sp³-hybridized carbons (Fsp3) is 1.00. The first-order valence-electron chi connectivity index (χ1n) is 7.66. The van der Waals surface area contributed by atoms with E-state index in [2.05, 4.69) is 0 Å². The predicted molar refractivity (Wildman–Crippen MR) is 74.1 cm³/mol. The zero-order chi connectivity index (χ0) is 10.8. The first kappa shape index (κ1) is 13.7. The minimum absolute atomic E-state index is 0. The molecule has 3 fully saturated rings. The normalized spacial score (nSPS) is 28.1. The van der Waals surface area contributed by atoms with Crippen molar-refractivity contribution >= 4 is 10.9 Å². The van der Waals surface area contributed by atoms with E-state index in [1.54, 1.807) is 77.0 Å². The Kier molecular flexibility index (Phi) is 5.20. The summed E-state index contributed by atoms with van der Waals surface area (Å²) < 4.78 is 0. The molecule has 3 aliphatic rings. The Labute approximate surface area is 109 Å². The minimum atomic E-state index is 0. The molecule has 0 heterocycles. The Morgan fingerprint density at radius 3 is 0.941 bits per heavy atom. The SMILES string of the molecule is C1CCC([S+](C2CCCC2)C2CCCC2)C1.[F-]. The maximum atomic E-state index is 1.59. The van der Waals surface area contributed by atoms with Gasteiger partial charge in [0, 0.05) is 0 Å². The van der Waals surface area contributed by atoms with E-state index >= 15 is 0 Å². The van der Waals surface area contributed by atoms with Gasteiger partial charge in [-0.15, -0.1) is 0 Å². The van der Waals surface area contributed by atoms with Crippen LogP contribution in [0.1, 0.15) is 77.0 Å². The second kappa shape index (κ2) is 6.45. The molecule has 0 atom stereocenters. The zero-order valence-corrected chi connectivity index (χ0v) is 11.8. The van der Waals surface area contributed by atoms with Crippen LogP contribution < -0.4 is 4.70 Å². The molecule has 0 aromatic heterocycles. The molecule has 0 amide bonds. The summed E-state index contributed by atoms with van der Waals surface area (Å²) in [6.07, 6.45) is 18.9. The van der Waals surface area contributed by atoms with Crippen LogP contribution in [0.25, 0.3) is 0 Å². The molecule has 0 aliphatic heterocycles. The van der Waals surface area contributed by atoms with Crippen LogP contribution in [0.4, 0.5) is 0 Å². The molecule has 3 rings (SSSR count). The molecular weight excluding hydrogens is 231 g/mol. The second-order valence-electron chi connectivity index (χ2n) is 6.13. The number of hydrogen-bond donors (Lipinski definition) is 0. The van der Waals surface area contributed by atoms with Gasteiger partial charge in [-0.2, -0.15) is 0 Å². The Morgan fingerprint density at radius 2 is 0.706 bits per heavy atom. The summed E-state index contributed by atoms with van der Waals surface area (Å²) in [6, 6.07) is 0. The average molecular weight is 258 g/mol. The lowest BCUT2D eigenvalue weighted by atomic mass is 10.3. The molecule has 0 unspecified atom stereocenters. The third-order valence-electron chi connectivity index (χ3n) is 5.06. The Morgan fingerprint density at radius 1 is 0.471 bits per heavy atom. The van der Waals surface area contributed by atoms with Crippen LogP contribution in [0, 0.1) is 0 Å². The van der Waals surface area contributed by atoms with E-state index < -0.39 is 0 Å². The standard InChI is InChI=1S/C15H27S.FH/c1-2-8-13(7-1)16(14-9-3-4-10-14)15-11-5-6-12-15;/h13-15H,1-12H2;1H/q+1;/p-1. The van der Waals surface area contributed by atoms with E-state index in [0.717, 1.165) is 10.9 Å². The van der Waals surface area contributed by atoms with Crippen LogP contribution in [0.5, 0.6) is 0 Å². The van der Waals surface area contributed by atoms with E-state index in [1.807, 2.05) is 0 Å². The lowest BCUT2D eigenvalue weighted by Crippen LogP contribution is -3.00. The van der Waals surface area contributed by atoms with Gasteiger partial charge in [-0.05, 0) is 87.9 Å². The summed E-state index contributed by atoms with van der Waals surface area (Å²) in [5.41, 5.74) is 0. The van der Waals surface area contributed by atoms with Crippen LogP contribution in [0.15, 0.2) is 0 Å². The van der Waals surface area contributed by atoms with Crippen LogP contribution in [-0.4, -0.2) is 15.7 Å². The molecule has 2 heteroatoms. The molecule has 0 saturated heterocycles. The third-order valence-corrected chi connectivity index (χ3v) is 8.78. The fourth-order valence-corrected chi connectivity index (χ4v) is 8.56. The van der Waals surface area contributed by atoms with E-state index in [-0.39, 0.29) is 4.70 Å². The van der Waals surface area contributed by atoms with Gasteiger partial charge in [0.15, 0.2) is 0 Å². The van der Waals surface area contributed by atoms with Gasteiger partial charge in [0.05, 0.1) is 0 Å². The molecule has 0 bridgehead atoms. The van der Waals surface area contributed by atoms with Crippen LogP contribution in [-0.2, 0) is 10.9 Å². The van der Waals surface area contributed by atoms with Gasteiger partial charge in [0.1, 0.15) is 15.7 Å². The quantitative estimate of drug-likeness (QED) is 0.672. The smallest absolute Gasteiger partial charge is 0.118 e. The van der Waals surface area contributed by atoms with Crippen LogP contribution in [0.3, 0.4) is 0 Å². The molecule has 0 nitrogen and oxygen atoms in total. The molecule has 0 aromatic rings. The summed E-state index contributed by atoms with van der Waals surface area (Å²) in [5.74, 6) is 0. The van der Waals surface area contributed by atoms with Gasteiger partial charge in [0.25, 0.3) is 0 Å². The highest BCUT2D eigenvalue weighted by Crippen LogP contribution is 2.42. The topological polar surface area (TPSA) is 0 Å². The molecular formula is C15H27FS. The predicted octanol–water partition coefficient (Wildman–Crippen LogP) is 1.44. The number of rotatable bonds is 3. The number of hydrogen-bond acceptors (Lipinski definition) is 0. The van der Waals surface area contributed by atoms with Crippen LogP contribution in [0.2, 0.25) is 0 Å². The van der Waals surface area contributed by atoms with Gasteiger partial charge in [0.2, 0.25) is 0 Å². The van der Waals surface area contributed by atoms with Gasteiger partial charge in [-0.25, -0.2) is 0 Å². The maximum Gasteiger partial charge on any atom is 0.118 e. The Balaban J connectivity index is 0.00000108. The van der Waals surface area contributed by atoms with E-state index in [1.165, 1.54) is 15.7 Å². The molecule has 0 N–H and O–H groups in total. The number of halogens is 1.